The Morgan fingerprint density at radius 3 is 2.32 bits per heavy atom. The van der Waals surface area contributed by atoms with Crippen molar-refractivity contribution in [2.75, 3.05) is 13.7 Å². The number of nitrogens with one attached hydrogen (secondary N) is 1. The van der Waals surface area contributed by atoms with E-state index in [9.17, 15) is 26.7 Å². The second kappa shape index (κ2) is 9.25. The molecule has 2 aromatic rings. The average molecular weight is 405 g/mol. The molecule has 0 radical (unpaired) electrons. The molecule has 0 aliphatic rings. The fourth-order valence-electron chi connectivity index (χ4n) is 2.16. The smallest absolute Gasteiger partial charge is 0.416 e. The molecule has 1 N–H and O–H groups in total. The van der Waals surface area contributed by atoms with Crippen LogP contribution in [0.2, 0.25) is 0 Å². The molecule has 0 aromatic heterocycles. The molecular formula is C18H16F5NO4. The molecule has 0 heterocycles. The molecule has 0 spiro atoms. The molecule has 152 valence electrons. The summed E-state index contributed by atoms with van der Waals surface area (Å²) in [5.74, 6) is -0.515. The van der Waals surface area contributed by atoms with Gasteiger partial charge in [-0.25, -0.2) is 0 Å². The Kier molecular flexibility index (Phi) is 7.02. The minimum Gasteiger partial charge on any atom is -0.493 e. The van der Waals surface area contributed by atoms with Gasteiger partial charge in [-0.1, -0.05) is 6.07 Å². The number of carbonyl (C=O) groups excluding carboxylic acids is 1. The first-order valence-corrected chi connectivity index (χ1v) is 7.87. The van der Waals surface area contributed by atoms with Crippen LogP contribution < -0.4 is 19.5 Å². The van der Waals surface area contributed by atoms with E-state index in [2.05, 4.69) is 10.1 Å². The van der Waals surface area contributed by atoms with Crippen LogP contribution in [0.1, 0.15) is 11.1 Å². The van der Waals surface area contributed by atoms with Crippen LogP contribution >= 0.6 is 0 Å². The van der Waals surface area contributed by atoms with Gasteiger partial charge in [0.25, 0.3) is 5.91 Å². The number of rotatable bonds is 8. The van der Waals surface area contributed by atoms with Crippen molar-refractivity contribution >= 4 is 5.91 Å². The number of ether oxygens (including phenoxy) is 3. The minimum atomic E-state index is -4.46. The molecule has 0 saturated carbocycles. The number of alkyl halides is 5. The maximum atomic E-state index is 12.5. The number of benzene rings is 2. The summed E-state index contributed by atoms with van der Waals surface area (Å²) in [7, 11) is 1.30. The lowest BCUT2D eigenvalue weighted by Gasteiger charge is -2.12. The van der Waals surface area contributed by atoms with Gasteiger partial charge in [-0.15, -0.1) is 0 Å². The largest absolute Gasteiger partial charge is 0.493 e. The van der Waals surface area contributed by atoms with E-state index in [1.165, 1.54) is 19.2 Å². The molecule has 1 amide bonds. The van der Waals surface area contributed by atoms with Crippen molar-refractivity contribution in [1.82, 2.24) is 5.32 Å². The topological polar surface area (TPSA) is 56.8 Å². The number of carbonyl (C=O) groups is 1. The highest BCUT2D eigenvalue weighted by atomic mass is 19.4. The van der Waals surface area contributed by atoms with Crippen molar-refractivity contribution in [2.45, 2.75) is 19.3 Å². The van der Waals surface area contributed by atoms with Crippen LogP contribution in [0.4, 0.5) is 22.0 Å². The van der Waals surface area contributed by atoms with Gasteiger partial charge in [0.05, 0.1) is 12.7 Å². The molecular weight excluding hydrogens is 389 g/mol. The van der Waals surface area contributed by atoms with E-state index in [1.54, 1.807) is 6.07 Å². The summed E-state index contributed by atoms with van der Waals surface area (Å²) >= 11 is 0. The van der Waals surface area contributed by atoms with Crippen LogP contribution in [0.5, 0.6) is 17.2 Å². The zero-order valence-corrected chi connectivity index (χ0v) is 14.6. The van der Waals surface area contributed by atoms with Gasteiger partial charge in [0.2, 0.25) is 0 Å². The average Bonchev–Trinajstić information content (AvgIpc) is 2.64. The van der Waals surface area contributed by atoms with Crippen molar-refractivity contribution < 1.29 is 41.0 Å². The third-order valence-corrected chi connectivity index (χ3v) is 3.49. The number of hydrogen-bond acceptors (Lipinski definition) is 4. The summed E-state index contributed by atoms with van der Waals surface area (Å²) in [4.78, 5) is 11.8. The number of hydrogen-bond donors (Lipinski definition) is 1. The molecule has 2 aromatic carbocycles. The Hall–Kier alpha value is -3.04. The van der Waals surface area contributed by atoms with Crippen molar-refractivity contribution in [2.24, 2.45) is 0 Å². The molecule has 0 saturated heterocycles. The third kappa shape index (κ3) is 6.29. The van der Waals surface area contributed by atoms with E-state index in [1.807, 2.05) is 0 Å². The molecule has 0 unspecified atom stereocenters. The maximum Gasteiger partial charge on any atom is 0.416 e. The molecule has 10 heteroatoms. The Bertz CT molecular complexity index is 794. The fourth-order valence-corrected chi connectivity index (χ4v) is 2.16. The van der Waals surface area contributed by atoms with E-state index in [0.29, 0.717) is 5.56 Å². The lowest BCUT2D eigenvalue weighted by atomic mass is 10.2. The minimum absolute atomic E-state index is 0.00119. The van der Waals surface area contributed by atoms with Crippen LogP contribution in [0.3, 0.4) is 0 Å². The molecule has 0 fully saturated rings. The van der Waals surface area contributed by atoms with Gasteiger partial charge in [-0.2, -0.15) is 22.0 Å². The molecule has 2 rings (SSSR count). The van der Waals surface area contributed by atoms with Crippen LogP contribution in [-0.2, 0) is 17.5 Å². The summed E-state index contributed by atoms with van der Waals surface area (Å²) in [5.41, 5.74) is -0.357. The first-order chi connectivity index (χ1) is 13.2. The first kappa shape index (κ1) is 21.3. The Labute approximate surface area is 157 Å². The number of methoxy groups -OCH3 is 1. The van der Waals surface area contributed by atoms with Crippen LogP contribution in [0.25, 0.3) is 0 Å². The summed E-state index contributed by atoms with van der Waals surface area (Å²) in [5, 5.41) is 2.50. The second-order valence-corrected chi connectivity index (χ2v) is 5.45. The molecule has 0 aliphatic heterocycles. The zero-order chi connectivity index (χ0) is 20.7. The van der Waals surface area contributed by atoms with E-state index in [4.69, 9.17) is 9.47 Å². The Morgan fingerprint density at radius 2 is 1.75 bits per heavy atom. The van der Waals surface area contributed by atoms with Crippen LogP contribution in [0, 0.1) is 0 Å². The van der Waals surface area contributed by atoms with Gasteiger partial charge in [-0.3, -0.25) is 4.79 Å². The SMILES string of the molecule is COc1ccc(CNC(=O)COc2ccc(C(F)(F)F)cc2)cc1OC(F)F. The quantitative estimate of drug-likeness (QED) is 0.675. The molecule has 0 bridgehead atoms. The van der Waals surface area contributed by atoms with Crippen molar-refractivity contribution in [3.05, 3.63) is 53.6 Å². The summed E-state index contributed by atoms with van der Waals surface area (Å²) in [6.45, 7) is -3.46. The van der Waals surface area contributed by atoms with Gasteiger partial charge < -0.3 is 19.5 Å². The molecule has 0 aliphatic carbocycles. The van der Waals surface area contributed by atoms with Gasteiger partial charge >= 0.3 is 12.8 Å². The van der Waals surface area contributed by atoms with Crippen molar-refractivity contribution in [1.29, 1.82) is 0 Å². The van der Waals surface area contributed by atoms with Gasteiger partial charge in [-0.05, 0) is 42.0 Å². The van der Waals surface area contributed by atoms with Crippen LogP contribution in [0.15, 0.2) is 42.5 Å². The van der Waals surface area contributed by atoms with E-state index in [0.717, 1.165) is 24.3 Å². The van der Waals surface area contributed by atoms with Crippen molar-refractivity contribution in [3.8, 4) is 17.2 Å². The van der Waals surface area contributed by atoms with Crippen LogP contribution in [-0.4, -0.2) is 26.2 Å². The lowest BCUT2D eigenvalue weighted by Crippen LogP contribution is -2.28. The van der Waals surface area contributed by atoms with E-state index >= 15 is 0 Å². The zero-order valence-electron chi connectivity index (χ0n) is 14.6. The summed E-state index contributed by atoms with van der Waals surface area (Å²) in [6.07, 6.45) is -4.46. The van der Waals surface area contributed by atoms with Gasteiger partial charge in [0.1, 0.15) is 5.75 Å². The van der Waals surface area contributed by atoms with Gasteiger partial charge in [0, 0.05) is 6.54 Å². The molecule has 5 nitrogen and oxygen atoms in total. The maximum absolute atomic E-state index is 12.5. The summed E-state index contributed by atoms with van der Waals surface area (Å²) in [6, 6.07) is 8.15. The lowest BCUT2D eigenvalue weighted by molar-refractivity contribution is -0.137. The predicted molar refractivity (Wildman–Crippen MR) is 88.4 cm³/mol. The fraction of sp³-hybridized carbons (Fsp3) is 0.278. The normalized spacial score (nSPS) is 11.2. The van der Waals surface area contributed by atoms with Crippen molar-refractivity contribution in [3.63, 3.8) is 0 Å². The Balaban J connectivity index is 1.87. The Morgan fingerprint density at radius 1 is 1.07 bits per heavy atom. The third-order valence-electron chi connectivity index (χ3n) is 3.49. The first-order valence-electron chi connectivity index (χ1n) is 7.87. The highest BCUT2D eigenvalue weighted by Gasteiger charge is 2.30. The molecule has 28 heavy (non-hydrogen) atoms. The van der Waals surface area contributed by atoms with Gasteiger partial charge in [0.15, 0.2) is 18.1 Å². The number of halogens is 5. The second-order valence-electron chi connectivity index (χ2n) is 5.45. The molecule has 0 atom stereocenters. The number of amides is 1. The monoisotopic (exact) mass is 405 g/mol. The van der Waals surface area contributed by atoms with E-state index < -0.39 is 30.9 Å². The highest BCUT2D eigenvalue weighted by molar-refractivity contribution is 5.77. The summed E-state index contributed by atoms with van der Waals surface area (Å²) < 4.78 is 76.6. The standard InChI is InChI=1S/C18H16F5NO4/c1-26-14-7-2-11(8-15(14)28-17(19)20)9-24-16(25)10-27-13-5-3-12(4-6-13)18(21,22)23/h2-8,17H,9-10H2,1H3,(H,24,25). The predicted octanol–water partition coefficient (Wildman–Crippen LogP) is 4.01. The van der Waals surface area contributed by atoms with E-state index in [-0.39, 0.29) is 23.8 Å². The highest BCUT2D eigenvalue weighted by Crippen LogP contribution is 2.30.